The van der Waals surface area contributed by atoms with Crippen molar-refractivity contribution in [3.8, 4) is 5.75 Å². The summed E-state index contributed by atoms with van der Waals surface area (Å²) in [4.78, 5) is 0. The largest absolute Gasteiger partial charge is 0.494 e. The maximum Gasteiger partial charge on any atom is 0.123 e. The van der Waals surface area contributed by atoms with E-state index in [2.05, 4.69) is 26.0 Å². The zero-order chi connectivity index (χ0) is 13.9. The van der Waals surface area contributed by atoms with Gasteiger partial charge in [-0.15, -0.1) is 0 Å². The molecule has 2 aromatic rings. The number of rotatable bonds is 4. The molecule has 0 aliphatic carbocycles. The molecule has 0 radical (unpaired) electrons. The number of benzene rings is 2. The van der Waals surface area contributed by atoms with Gasteiger partial charge in [0.2, 0.25) is 0 Å². The minimum Gasteiger partial charge on any atom is -0.494 e. The van der Waals surface area contributed by atoms with Crippen molar-refractivity contribution in [1.29, 1.82) is 0 Å². The normalized spacial score (nSPS) is 11.4. The zero-order valence-electron chi connectivity index (χ0n) is 11.6. The molecule has 0 aliphatic rings. The summed E-state index contributed by atoms with van der Waals surface area (Å²) in [5.74, 6) is 0.674. The Balaban J connectivity index is 2.30. The minimum absolute atomic E-state index is 0.154. The molecule has 0 fully saturated rings. The second-order valence-electron chi connectivity index (χ2n) is 5.09. The van der Waals surface area contributed by atoms with Crippen LogP contribution in [0.2, 0.25) is 0 Å². The highest BCUT2D eigenvalue weighted by Gasteiger charge is 2.22. The fraction of sp³-hybridized carbons (Fsp3) is 0.294. The standard InChI is InChI=1S/C17H19FO/c1-4-19-16-11-7-14(8-12-16)17(2,3)13-5-9-15(18)10-6-13/h5-12H,4H2,1-3H3. The van der Waals surface area contributed by atoms with Crippen molar-refractivity contribution in [1.82, 2.24) is 0 Å². The van der Waals surface area contributed by atoms with Gasteiger partial charge in [-0.05, 0) is 42.3 Å². The molecule has 0 unspecified atom stereocenters. The number of ether oxygens (including phenoxy) is 1. The first kappa shape index (κ1) is 13.6. The van der Waals surface area contributed by atoms with Crippen LogP contribution in [0.1, 0.15) is 31.9 Å². The smallest absolute Gasteiger partial charge is 0.123 e. The molecule has 0 N–H and O–H groups in total. The van der Waals surface area contributed by atoms with Crippen LogP contribution in [0.15, 0.2) is 48.5 Å². The Morgan fingerprint density at radius 2 is 1.37 bits per heavy atom. The third-order valence-electron chi connectivity index (χ3n) is 3.45. The summed E-state index contributed by atoms with van der Waals surface area (Å²) in [6.07, 6.45) is 0. The first-order valence-corrected chi connectivity index (χ1v) is 6.53. The summed E-state index contributed by atoms with van der Waals surface area (Å²) in [7, 11) is 0. The van der Waals surface area contributed by atoms with E-state index in [1.807, 2.05) is 31.2 Å². The van der Waals surface area contributed by atoms with Gasteiger partial charge in [-0.3, -0.25) is 0 Å². The van der Waals surface area contributed by atoms with E-state index in [1.165, 1.54) is 17.7 Å². The van der Waals surface area contributed by atoms with Gasteiger partial charge >= 0.3 is 0 Å². The number of hydrogen-bond donors (Lipinski definition) is 0. The third kappa shape index (κ3) is 2.95. The lowest BCUT2D eigenvalue weighted by Gasteiger charge is -2.26. The first-order valence-electron chi connectivity index (χ1n) is 6.53. The van der Waals surface area contributed by atoms with Crippen LogP contribution < -0.4 is 4.74 Å². The van der Waals surface area contributed by atoms with Crippen molar-refractivity contribution in [2.24, 2.45) is 0 Å². The lowest BCUT2D eigenvalue weighted by atomic mass is 9.78. The van der Waals surface area contributed by atoms with Gasteiger partial charge in [0.15, 0.2) is 0 Å². The number of hydrogen-bond acceptors (Lipinski definition) is 1. The highest BCUT2D eigenvalue weighted by Crippen LogP contribution is 2.32. The van der Waals surface area contributed by atoms with Crippen LogP contribution in [-0.2, 0) is 5.41 Å². The second kappa shape index (κ2) is 5.43. The second-order valence-corrected chi connectivity index (χ2v) is 5.09. The fourth-order valence-electron chi connectivity index (χ4n) is 2.17. The minimum atomic E-state index is -0.203. The van der Waals surface area contributed by atoms with Crippen LogP contribution in [-0.4, -0.2) is 6.61 Å². The van der Waals surface area contributed by atoms with Crippen LogP contribution in [0.5, 0.6) is 5.75 Å². The molecule has 0 aliphatic heterocycles. The Kier molecular flexibility index (Phi) is 3.89. The third-order valence-corrected chi connectivity index (χ3v) is 3.45. The van der Waals surface area contributed by atoms with Crippen molar-refractivity contribution < 1.29 is 9.13 Å². The molecule has 0 amide bonds. The molecule has 19 heavy (non-hydrogen) atoms. The molecule has 100 valence electrons. The first-order chi connectivity index (χ1) is 9.04. The van der Waals surface area contributed by atoms with E-state index in [9.17, 15) is 4.39 Å². The molecule has 0 heterocycles. The Morgan fingerprint density at radius 3 is 1.84 bits per heavy atom. The fourth-order valence-corrected chi connectivity index (χ4v) is 2.17. The molecule has 2 heteroatoms. The maximum absolute atomic E-state index is 13.0. The topological polar surface area (TPSA) is 9.23 Å². The lowest BCUT2D eigenvalue weighted by molar-refractivity contribution is 0.340. The van der Waals surface area contributed by atoms with Gasteiger partial charge in [-0.1, -0.05) is 38.1 Å². The lowest BCUT2D eigenvalue weighted by Crippen LogP contribution is -2.18. The summed E-state index contributed by atoms with van der Waals surface area (Å²) in [5, 5.41) is 0. The zero-order valence-corrected chi connectivity index (χ0v) is 11.6. The Morgan fingerprint density at radius 1 is 0.895 bits per heavy atom. The van der Waals surface area contributed by atoms with Crippen molar-refractivity contribution in [3.05, 3.63) is 65.5 Å². The molecule has 0 saturated carbocycles. The van der Waals surface area contributed by atoms with Crippen molar-refractivity contribution >= 4 is 0 Å². The van der Waals surface area contributed by atoms with Gasteiger partial charge in [0.25, 0.3) is 0 Å². The van der Waals surface area contributed by atoms with Gasteiger partial charge in [0, 0.05) is 5.41 Å². The Labute approximate surface area is 114 Å². The van der Waals surface area contributed by atoms with Crippen molar-refractivity contribution in [2.75, 3.05) is 6.61 Å². The summed E-state index contributed by atoms with van der Waals surface area (Å²) in [5.41, 5.74) is 2.12. The van der Waals surface area contributed by atoms with Crippen LogP contribution in [0.3, 0.4) is 0 Å². The summed E-state index contributed by atoms with van der Waals surface area (Å²) >= 11 is 0. The highest BCUT2D eigenvalue weighted by molar-refractivity contribution is 5.39. The molecule has 0 bridgehead atoms. The van der Waals surface area contributed by atoms with E-state index < -0.39 is 0 Å². The van der Waals surface area contributed by atoms with Crippen molar-refractivity contribution in [3.63, 3.8) is 0 Å². The monoisotopic (exact) mass is 258 g/mol. The van der Waals surface area contributed by atoms with Crippen LogP contribution in [0.4, 0.5) is 4.39 Å². The summed E-state index contributed by atoms with van der Waals surface area (Å²) < 4.78 is 18.4. The molecule has 0 spiro atoms. The van der Waals surface area contributed by atoms with E-state index in [1.54, 1.807) is 0 Å². The molecule has 2 rings (SSSR count). The SMILES string of the molecule is CCOc1ccc(C(C)(C)c2ccc(F)cc2)cc1. The summed E-state index contributed by atoms with van der Waals surface area (Å²) in [6, 6.07) is 14.8. The number of halogens is 1. The van der Waals surface area contributed by atoms with Crippen LogP contribution in [0.25, 0.3) is 0 Å². The molecule has 0 saturated heterocycles. The van der Waals surface area contributed by atoms with Gasteiger partial charge in [0.1, 0.15) is 11.6 Å². The summed E-state index contributed by atoms with van der Waals surface area (Å²) in [6.45, 7) is 6.91. The highest BCUT2D eigenvalue weighted by atomic mass is 19.1. The van der Waals surface area contributed by atoms with E-state index in [0.29, 0.717) is 6.61 Å². The van der Waals surface area contributed by atoms with Crippen LogP contribution in [0, 0.1) is 5.82 Å². The average Bonchev–Trinajstić information content (AvgIpc) is 2.40. The van der Waals surface area contributed by atoms with E-state index in [0.717, 1.165) is 11.3 Å². The quantitative estimate of drug-likeness (QED) is 0.781. The Hall–Kier alpha value is -1.83. The average molecular weight is 258 g/mol. The predicted octanol–water partition coefficient (Wildman–Crippen LogP) is 4.55. The van der Waals surface area contributed by atoms with E-state index in [4.69, 9.17) is 4.74 Å². The van der Waals surface area contributed by atoms with Gasteiger partial charge in [-0.25, -0.2) is 4.39 Å². The van der Waals surface area contributed by atoms with Crippen LogP contribution >= 0.6 is 0 Å². The van der Waals surface area contributed by atoms with Gasteiger partial charge in [0.05, 0.1) is 6.61 Å². The molecule has 0 atom stereocenters. The molecule has 2 aromatic carbocycles. The molecular formula is C17H19FO. The van der Waals surface area contributed by atoms with Gasteiger partial charge in [-0.2, -0.15) is 0 Å². The maximum atomic E-state index is 13.0. The molecular weight excluding hydrogens is 239 g/mol. The molecule has 0 aromatic heterocycles. The predicted molar refractivity (Wildman–Crippen MR) is 76.1 cm³/mol. The van der Waals surface area contributed by atoms with Gasteiger partial charge < -0.3 is 4.74 Å². The molecule has 1 nitrogen and oxygen atoms in total. The van der Waals surface area contributed by atoms with Crippen molar-refractivity contribution in [2.45, 2.75) is 26.2 Å². The Bertz CT molecular complexity index is 526. The van der Waals surface area contributed by atoms with E-state index in [-0.39, 0.29) is 11.2 Å². The van der Waals surface area contributed by atoms with E-state index >= 15 is 0 Å².